The molecule has 0 saturated heterocycles. The van der Waals surface area contributed by atoms with Crippen LogP contribution in [0.2, 0.25) is 0 Å². The molecular weight excluding hydrogens is 162 g/mol. The van der Waals surface area contributed by atoms with E-state index in [4.69, 9.17) is 10.5 Å². The van der Waals surface area contributed by atoms with Crippen molar-refractivity contribution in [2.45, 2.75) is 32.8 Å². The fourth-order valence-corrected chi connectivity index (χ4v) is 1.59. The standard InChI is InChI=1S/C11H21NO/c1-9-5-3-4-6-11(9)8-13-10(2)7-12/h3-4,9-11H,5-8,12H2,1-2H3. The van der Waals surface area contributed by atoms with E-state index in [2.05, 4.69) is 19.1 Å². The van der Waals surface area contributed by atoms with E-state index in [1.807, 2.05) is 6.92 Å². The molecule has 13 heavy (non-hydrogen) atoms. The van der Waals surface area contributed by atoms with Gasteiger partial charge >= 0.3 is 0 Å². The molecule has 0 aliphatic heterocycles. The van der Waals surface area contributed by atoms with Gasteiger partial charge in [-0.2, -0.15) is 0 Å². The summed E-state index contributed by atoms with van der Waals surface area (Å²) in [5.41, 5.74) is 5.48. The molecule has 0 fully saturated rings. The molecule has 2 nitrogen and oxygen atoms in total. The maximum Gasteiger partial charge on any atom is 0.0669 e. The fourth-order valence-electron chi connectivity index (χ4n) is 1.59. The second kappa shape index (κ2) is 5.40. The molecule has 0 aromatic carbocycles. The first-order valence-corrected chi connectivity index (χ1v) is 5.20. The van der Waals surface area contributed by atoms with Crippen molar-refractivity contribution in [1.82, 2.24) is 0 Å². The van der Waals surface area contributed by atoms with Gasteiger partial charge in [-0.25, -0.2) is 0 Å². The van der Waals surface area contributed by atoms with Crippen molar-refractivity contribution in [3.05, 3.63) is 12.2 Å². The molecule has 1 aliphatic carbocycles. The van der Waals surface area contributed by atoms with Crippen LogP contribution >= 0.6 is 0 Å². The highest BCUT2D eigenvalue weighted by Crippen LogP contribution is 2.25. The van der Waals surface area contributed by atoms with Crippen LogP contribution in [0.25, 0.3) is 0 Å². The van der Waals surface area contributed by atoms with E-state index in [0.717, 1.165) is 12.5 Å². The minimum Gasteiger partial charge on any atom is -0.377 e. The minimum absolute atomic E-state index is 0.207. The van der Waals surface area contributed by atoms with Crippen LogP contribution in [0.4, 0.5) is 0 Å². The van der Waals surface area contributed by atoms with E-state index < -0.39 is 0 Å². The molecule has 1 aliphatic rings. The summed E-state index contributed by atoms with van der Waals surface area (Å²) in [4.78, 5) is 0. The van der Waals surface area contributed by atoms with Gasteiger partial charge in [0.1, 0.15) is 0 Å². The Balaban J connectivity index is 2.24. The Kier molecular flexibility index (Phi) is 4.46. The Hall–Kier alpha value is -0.340. The molecule has 3 unspecified atom stereocenters. The highest BCUT2D eigenvalue weighted by molar-refractivity contribution is 4.93. The number of ether oxygens (including phenoxy) is 1. The van der Waals surface area contributed by atoms with Gasteiger partial charge in [0.25, 0.3) is 0 Å². The smallest absolute Gasteiger partial charge is 0.0669 e. The third kappa shape index (κ3) is 3.49. The predicted octanol–water partition coefficient (Wildman–Crippen LogP) is 1.95. The van der Waals surface area contributed by atoms with Crippen LogP contribution in [0.5, 0.6) is 0 Å². The average molecular weight is 183 g/mol. The maximum absolute atomic E-state index is 5.64. The Morgan fingerprint density at radius 2 is 2.15 bits per heavy atom. The lowest BCUT2D eigenvalue weighted by atomic mass is 9.85. The number of rotatable bonds is 4. The summed E-state index contributed by atoms with van der Waals surface area (Å²) in [7, 11) is 0. The molecule has 1 rings (SSSR count). The highest BCUT2D eigenvalue weighted by Gasteiger charge is 2.18. The molecule has 0 heterocycles. The third-order valence-electron chi connectivity index (χ3n) is 2.84. The molecule has 0 amide bonds. The van der Waals surface area contributed by atoms with Crippen molar-refractivity contribution < 1.29 is 4.74 Å². The van der Waals surface area contributed by atoms with Crippen molar-refractivity contribution in [2.24, 2.45) is 17.6 Å². The number of hydrogen-bond acceptors (Lipinski definition) is 2. The summed E-state index contributed by atoms with van der Waals surface area (Å²) in [5, 5.41) is 0. The van der Waals surface area contributed by atoms with Crippen LogP contribution in [0, 0.1) is 11.8 Å². The summed E-state index contributed by atoms with van der Waals surface area (Å²) >= 11 is 0. The second-order valence-electron chi connectivity index (χ2n) is 4.06. The molecule has 2 N–H and O–H groups in total. The van der Waals surface area contributed by atoms with Crippen LogP contribution in [0.15, 0.2) is 12.2 Å². The second-order valence-corrected chi connectivity index (χ2v) is 4.06. The lowest BCUT2D eigenvalue weighted by Crippen LogP contribution is -2.26. The summed E-state index contributed by atoms with van der Waals surface area (Å²) in [6.07, 6.45) is 7.11. The van der Waals surface area contributed by atoms with E-state index in [0.29, 0.717) is 12.5 Å². The quantitative estimate of drug-likeness (QED) is 0.676. The van der Waals surface area contributed by atoms with E-state index in [1.165, 1.54) is 12.8 Å². The Labute approximate surface area is 81.1 Å². The van der Waals surface area contributed by atoms with Gasteiger partial charge in [-0.3, -0.25) is 0 Å². The van der Waals surface area contributed by atoms with Gasteiger partial charge in [-0.05, 0) is 31.6 Å². The molecule has 0 radical (unpaired) electrons. The van der Waals surface area contributed by atoms with E-state index in [-0.39, 0.29) is 6.10 Å². The van der Waals surface area contributed by atoms with E-state index in [9.17, 15) is 0 Å². The molecular formula is C11H21NO. The zero-order chi connectivity index (χ0) is 9.68. The lowest BCUT2D eigenvalue weighted by molar-refractivity contribution is 0.0314. The van der Waals surface area contributed by atoms with Crippen LogP contribution in [0.3, 0.4) is 0 Å². The lowest BCUT2D eigenvalue weighted by Gasteiger charge is -2.26. The zero-order valence-electron chi connectivity index (χ0n) is 8.70. The van der Waals surface area contributed by atoms with Gasteiger partial charge in [0.15, 0.2) is 0 Å². The van der Waals surface area contributed by atoms with Crippen LogP contribution in [0.1, 0.15) is 26.7 Å². The number of hydrogen-bond donors (Lipinski definition) is 1. The summed E-state index contributed by atoms with van der Waals surface area (Å²) in [6.45, 7) is 5.81. The normalized spacial score (nSPS) is 30.4. The number of allylic oxidation sites excluding steroid dienone is 2. The summed E-state index contributed by atoms with van der Waals surface area (Å²) in [5.74, 6) is 1.45. The monoisotopic (exact) mass is 183 g/mol. The van der Waals surface area contributed by atoms with Crippen molar-refractivity contribution in [2.75, 3.05) is 13.2 Å². The zero-order valence-corrected chi connectivity index (χ0v) is 8.70. The van der Waals surface area contributed by atoms with Crippen molar-refractivity contribution >= 4 is 0 Å². The molecule has 0 spiro atoms. The molecule has 0 aromatic rings. The Morgan fingerprint density at radius 1 is 1.46 bits per heavy atom. The molecule has 2 heteroatoms. The van der Waals surface area contributed by atoms with Gasteiger partial charge in [-0.15, -0.1) is 0 Å². The number of nitrogens with two attached hydrogens (primary N) is 1. The topological polar surface area (TPSA) is 35.2 Å². The van der Waals surface area contributed by atoms with Gasteiger partial charge < -0.3 is 10.5 Å². The SMILES string of the molecule is CC(CN)OCC1CC=CCC1C. The van der Waals surface area contributed by atoms with E-state index in [1.54, 1.807) is 0 Å². The Morgan fingerprint density at radius 3 is 2.77 bits per heavy atom. The fraction of sp³-hybridized carbons (Fsp3) is 0.818. The first-order chi connectivity index (χ1) is 6.24. The van der Waals surface area contributed by atoms with Crippen LogP contribution < -0.4 is 5.73 Å². The summed E-state index contributed by atoms with van der Waals surface area (Å²) in [6, 6.07) is 0. The first kappa shape index (κ1) is 10.7. The minimum atomic E-state index is 0.207. The molecule has 0 saturated carbocycles. The highest BCUT2D eigenvalue weighted by atomic mass is 16.5. The van der Waals surface area contributed by atoms with E-state index >= 15 is 0 Å². The largest absolute Gasteiger partial charge is 0.377 e. The van der Waals surface area contributed by atoms with Crippen molar-refractivity contribution in [3.8, 4) is 0 Å². The van der Waals surface area contributed by atoms with Gasteiger partial charge in [0.2, 0.25) is 0 Å². The molecule has 3 atom stereocenters. The first-order valence-electron chi connectivity index (χ1n) is 5.20. The molecule has 0 aromatic heterocycles. The van der Waals surface area contributed by atoms with Crippen LogP contribution in [-0.4, -0.2) is 19.3 Å². The van der Waals surface area contributed by atoms with Gasteiger partial charge in [0.05, 0.1) is 12.7 Å². The summed E-state index contributed by atoms with van der Waals surface area (Å²) < 4.78 is 5.64. The van der Waals surface area contributed by atoms with Gasteiger partial charge in [-0.1, -0.05) is 19.1 Å². The molecule has 0 bridgehead atoms. The van der Waals surface area contributed by atoms with Crippen LogP contribution in [-0.2, 0) is 4.74 Å². The van der Waals surface area contributed by atoms with Crippen molar-refractivity contribution in [3.63, 3.8) is 0 Å². The Bertz CT molecular complexity index is 167. The molecule has 76 valence electrons. The predicted molar refractivity (Wildman–Crippen MR) is 55.5 cm³/mol. The average Bonchev–Trinajstić information content (AvgIpc) is 2.16. The third-order valence-corrected chi connectivity index (χ3v) is 2.84. The van der Waals surface area contributed by atoms with Crippen molar-refractivity contribution in [1.29, 1.82) is 0 Å². The van der Waals surface area contributed by atoms with Gasteiger partial charge in [0, 0.05) is 6.54 Å². The maximum atomic E-state index is 5.64.